The van der Waals surface area contributed by atoms with Crippen molar-refractivity contribution in [3.05, 3.63) is 35.9 Å². The highest BCUT2D eigenvalue weighted by Gasteiger charge is 2.26. The van der Waals surface area contributed by atoms with Gasteiger partial charge in [0, 0.05) is 20.6 Å². The zero-order valence-electron chi connectivity index (χ0n) is 10.8. The van der Waals surface area contributed by atoms with Gasteiger partial charge in [0.1, 0.15) is 6.04 Å². The van der Waals surface area contributed by atoms with E-state index in [2.05, 4.69) is 0 Å². The van der Waals surface area contributed by atoms with Crippen LogP contribution in [0, 0.1) is 0 Å². The SMILES string of the molecule is C[C@H](C(=O)N(C)C)N(Cc1ccccc1)C(=O)O. The summed E-state index contributed by atoms with van der Waals surface area (Å²) in [7, 11) is 3.22. The summed E-state index contributed by atoms with van der Waals surface area (Å²) in [5.41, 5.74) is 0.860. The molecule has 18 heavy (non-hydrogen) atoms. The first kappa shape index (κ1) is 14.0. The second-order valence-electron chi connectivity index (χ2n) is 4.30. The lowest BCUT2D eigenvalue weighted by Crippen LogP contribution is -2.46. The van der Waals surface area contributed by atoms with E-state index in [9.17, 15) is 14.7 Å². The number of carboxylic acid groups (broad SMARTS) is 1. The normalized spacial score (nSPS) is 11.7. The standard InChI is InChI=1S/C13H18N2O3/c1-10(12(16)14(2)3)15(13(17)18)9-11-7-5-4-6-8-11/h4-8,10H,9H2,1-3H3,(H,17,18)/t10-/m1/s1. The van der Waals surface area contributed by atoms with Crippen LogP contribution in [0.15, 0.2) is 30.3 Å². The number of likely N-dealkylation sites (N-methyl/N-ethyl adjacent to an activating group) is 1. The molecular weight excluding hydrogens is 232 g/mol. The minimum atomic E-state index is -1.10. The van der Waals surface area contributed by atoms with Gasteiger partial charge >= 0.3 is 6.09 Å². The Labute approximate surface area is 107 Å². The molecule has 0 saturated carbocycles. The number of rotatable bonds is 4. The third kappa shape index (κ3) is 3.48. The summed E-state index contributed by atoms with van der Waals surface area (Å²) < 4.78 is 0. The van der Waals surface area contributed by atoms with Gasteiger partial charge in [0.05, 0.1) is 0 Å². The molecule has 0 saturated heterocycles. The van der Waals surface area contributed by atoms with E-state index in [-0.39, 0.29) is 12.5 Å². The van der Waals surface area contributed by atoms with Gasteiger partial charge < -0.3 is 10.0 Å². The summed E-state index contributed by atoms with van der Waals surface area (Å²) >= 11 is 0. The maximum absolute atomic E-state index is 11.8. The first-order valence-corrected chi connectivity index (χ1v) is 5.68. The summed E-state index contributed by atoms with van der Waals surface area (Å²) in [6.07, 6.45) is -1.10. The van der Waals surface area contributed by atoms with Gasteiger partial charge in [-0.2, -0.15) is 0 Å². The lowest BCUT2D eigenvalue weighted by molar-refractivity contribution is -0.133. The van der Waals surface area contributed by atoms with Gasteiger partial charge in [0.25, 0.3) is 0 Å². The molecule has 5 heteroatoms. The molecule has 0 unspecified atom stereocenters. The first-order valence-electron chi connectivity index (χ1n) is 5.68. The van der Waals surface area contributed by atoms with Crippen LogP contribution in [0.25, 0.3) is 0 Å². The molecule has 98 valence electrons. The second kappa shape index (κ2) is 6.05. The van der Waals surface area contributed by atoms with E-state index < -0.39 is 12.1 Å². The Balaban J connectivity index is 2.84. The predicted octanol–water partition coefficient (Wildman–Crippen LogP) is 1.64. The molecule has 0 aliphatic carbocycles. The van der Waals surface area contributed by atoms with Crippen LogP contribution in [0.5, 0.6) is 0 Å². The number of hydrogen-bond donors (Lipinski definition) is 1. The number of nitrogens with zero attached hydrogens (tertiary/aromatic N) is 2. The van der Waals surface area contributed by atoms with E-state index in [0.717, 1.165) is 10.5 Å². The fourth-order valence-electron chi connectivity index (χ4n) is 1.66. The molecule has 1 aromatic carbocycles. The average Bonchev–Trinajstić information content (AvgIpc) is 2.35. The monoisotopic (exact) mass is 250 g/mol. The molecule has 0 aromatic heterocycles. The van der Waals surface area contributed by atoms with Crippen LogP contribution in [0.3, 0.4) is 0 Å². The summed E-state index contributed by atoms with van der Waals surface area (Å²) in [4.78, 5) is 25.6. The van der Waals surface area contributed by atoms with Gasteiger partial charge in [-0.1, -0.05) is 30.3 Å². The fraction of sp³-hybridized carbons (Fsp3) is 0.385. The Kier molecular flexibility index (Phi) is 4.71. The molecule has 0 bridgehead atoms. The van der Waals surface area contributed by atoms with Crippen LogP contribution >= 0.6 is 0 Å². The molecule has 1 atom stereocenters. The van der Waals surface area contributed by atoms with Crippen LogP contribution in [-0.2, 0) is 11.3 Å². The molecular formula is C13H18N2O3. The summed E-state index contributed by atoms with van der Waals surface area (Å²) in [6, 6.07) is 8.52. The average molecular weight is 250 g/mol. The second-order valence-corrected chi connectivity index (χ2v) is 4.30. The fourth-order valence-corrected chi connectivity index (χ4v) is 1.66. The molecule has 1 rings (SSSR count). The highest BCUT2D eigenvalue weighted by atomic mass is 16.4. The maximum atomic E-state index is 11.8. The van der Waals surface area contributed by atoms with E-state index in [4.69, 9.17) is 0 Å². The third-order valence-corrected chi connectivity index (χ3v) is 2.71. The molecule has 0 fully saturated rings. The minimum absolute atomic E-state index is 0.205. The quantitative estimate of drug-likeness (QED) is 0.883. The Morgan fingerprint density at radius 1 is 1.22 bits per heavy atom. The zero-order valence-corrected chi connectivity index (χ0v) is 10.8. The van der Waals surface area contributed by atoms with Crippen molar-refractivity contribution in [2.24, 2.45) is 0 Å². The molecule has 0 radical (unpaired) electrons. The van der Waals surface area contributed by atoms with Crippen molar-refractivity contribution < 1.29 is 14.7 Å². The molecule has 0 spiro atoms. The molecule has 5 nitrogen and oxygen atoms in total. The Bertz CT molecular complexity index is 418. The third-order valence-electron chi connectivity index (χ3n) is 2.71. The van der Waals surface area contributed by atoms with Crippen LogP contribution < -0.4 is 0 Å². The van der Waals surface area contributed by atoms with Crippen LogP contribution in [0.1, 0.15) is 12.5 Å². The number of carbonyl (C=O) groups is 2. The molecule has 2 amide bonds. The Morgan fingerprint density at radius 2 is 1.78 bits per heavy atom. The zero-order chi connectivity index (χ0) is 13.7. The Morgan fingerprint density at radius 3 is 2.22 bits per heavy atom. The number of benzene rings is 1. The van der Waals surface area contributed by atoms with E-state index >= 15 is 0 Å². The number of hydrogen-bond acceptors (Lipinski definition) is 2. The van der Waals surface area contributed by atoms with Gasteiger partial charge in [-0.25, -0.2) is 4.79 Å². The van der Waals surface area contributed by atoms with Gasteiger partial charge in [0.2, 0.25) is 5.91 Å². The van der Waals surface area contributed by atoms with Crippen molar-refractivity contribution in [1.82, 2.24) is 9.80 Å². The lowest BCUT2D eigenvalue weighted by atomic mass is 10.2. The highest BCUT2D eigenvalue weighted by Crippen LogP contribution is 2.10. The minimum Gasteiger partial charge on any atom is -0.465 e. The van der Waals surface area contributed by atoms with E-state index in [1.807, 2.05) is 30.3 Å². The predicted molar refractivity (Wildman–Crippen MR) is 68.2 cm³/mol. The van der Waals surface area contributed by atoms with E-state index in [1.165, 1.54) is 4.90 Å². The van der Waals surface area contributed by atoms with Crippen molar-refractivity contribution in [1.29, 1.82) is 0 Å². The maximum Gasteiger partial charge on any atom is 0.408 e. The number of carbonyl (C=O) groups excluding carboxylic acids is 1. The lowest BCUT2D eigenvalue weighted by Gasteiger charge is -2.27. The smallest absolute Gasteiger partial charge is 0.408 e. The largest absolute Gasteiger partial charge is 0.465 e. The highest BCUT2D eigenvalue weighted by molar-refractivity contribution is 5.84. The summed E-state index contributed by atoms with van der Waals surface area (Å²) in [5, 5.41) is 9.19. The van der Waals surface area contributed by atoms with Gasteiger partial charge in [0.15, 0.2) is 0 Å². The van der Waals surface area contributed by atoms with Gasteiger partial charge in [-0.05, 0) is 12.5 Å². The molecule has 1 N–H and O–H groups in total. The van der Waals surface area contributed by atoms with Crippen molar-refractivity contribution >= 4 is 12.0 Å². The van der Waals surface area contributed by atoms with Crippen molar-refractivity contribution in [3.63, 3.8) is 0 Å². The first-order chi connectivity index (χ1) is 8.43. The topological polar surface area (TPSA) is 60.9 Å². The Hall–Kier alpha value is -2.04. The van der Waals surface area contributed by atoms with Crippen LogP contribution in [0.2, 0.25) is 0 Å². The molecule has 0 aliphatic heterocycles. The molecule has 0 aliphatic rings. The van der Waals surface area contributed by atoms with Gasteiger partial charge in [-0.15, -0.1) is 0 Å². The summed E-state index contributed by atoms with van der Waals surface area (Å²) in [5.74, 6) is -0.228. The van der Waals surface area contributed by atoms with Crippen molar-refractivity contribution in [2.75, 3.05) is 14.1 Å². The van der Waals surface area contributed by atoms with Crippen molar-refractivity contribution in [3.8, 4) is 0 Å². The summed E-state index contributed by atoms with van der Waals surface area (Å²) in [6.45, 7) is 1.80. The van der Waals surface area contributed by atoms with Crippen molar-refractivity contribution in [2.45, 2.75) is 19.5 Å². The van der Waals surface area contributed by atoms with Crippen LogP contribution in [0.4, 0.5) is 4.79 Å². The molecule has 1 aromatic rings. The molecule has 0 heterocycles. The van der Waals surface area contributed by atoms with Gasteiger partial charge in [-0.3, -0.25) is 9.69 Å². The number of amides is 2. The van der Waals surface area contributed by atoms with Crippen LogP contribution in [-0.4, -0.2) is 47.0 Å². The van der Waals surface area contributed by atoms with E-state index in [1.54, 1.807) is 21.0 Å². The van der Waals surface area contributed by atoms with E-state index in [0.29, 0.717) is 0 Å².